The molecule has 3 N–H and O–H groups in total. The zero-order valence-corrected chi connectivity index (χ0v) is 11.4. The Morgan fingerprint density at radius 1 is 1.20 bits per heavy atom. The molecular formula is C14H13ClF2N2O. The summed E-state index contributed by atoms with van der Waals surface area (Å²) in [6.45, 7) is 0. The minimum absolute atomic E-state index is 0.154. The van der Waals surface area contributed by atoms with E-state index in [-0.39, 0.29) is 5.56 Å². The molecule has 2 aromatic rings. The molecule has 3 nitrogen and oxygen atoms in total. The van der Waals surface area contributed by atoms with Crippen molar-refractivity contribution in [3.8, 4) is 5.75 Å². The number of benzene rings is 2. The Kier molecular flexibility index (Phi) is 4.29. The minimum Gasteiger partial charge on any atom is -0.495 e. The maximum atomic E-state index is 13.0. The minimum atomic E-state index is -2.62. The van der Waals surface area contributed by atoms with Crippen LogP contribution in [0.4, 0.5) is 25.8 Å². The molecule has 20 heavy (non-hydrogen) atoms. The second kappa shape index (κ2) is 5.96. The first kappa shape index (κ1) is 14.4. The average Bonchev–Trinajstić information content (AvgIpc) is 2.42. The van der Waals surface area contributed by atoms with Gasteiger partial charge in [-0.3, -0.25) is 0 Å². The van der Waals surface area contributed by atoms with Crippen molar-refractivity contribution in [1.82, 2.24) is 0 Å². The van der Waals surface area contributed by atoms with E-state index in [0.717, 1.165) is 0 Å². The van der Waals surface area contributed by atoms with Gasteiger partial charge in [0.15, 0.2) is 0 Å². The van der Waals surface area contributed by atoms with E-state index in [0.29, 0.717) is 27.8 Å². The van der Waals surface area contributed by atoms with Gasteiger partial charge < -0.3 is 15.8 Å². The molecule has 0 aromatic heterocycles. The molecular weight excluding hydrogens is 286 g/mol. The first-order valence-corrected chi connectivity index (χ1v) is 6.17. The highest BCUT2D eigenvalue weighted by atomic mass is 35.5. The fourth-order valence-electron chi connectivity index (χ4n) is 1.77. The monoisotopic (exact) mass is 298 g/mol. The lowest BCUT2D eigenvalue weighted by atomic mass is 10.1. The first-order chi connectivity index (χ1) is 9.51. The summed E-state index contributed by atoms with van der Waals surface area (Å²) in [6, 6.07) is 9.26. The van der Waals surface area contributed by atoms with Crippen LogP contribution in [-0.4, -0.2) is 7.11 Å². The standard InChI is InChI=1S/C14H13ClF2N2O/c1-20-13-7-9(3-4-11(13)15)19-12-5-2-8(18)6-10(12)14(16)17/h2-7,14,19H,18H2,1H3. The number of hydrogen-bond acceptors (Lipinski definition) is 3. The molecule has 2 rings (SSSR count). The number of rotatable bonds is 4. The van der Waals surface area contributed by atoms with Crippen molar-refractivity contribution >= 4 is 28.7 Å². The fraction of sp³-hybridized carbons (Fsp3) is 0.143. The zero-order chi connectivity index (χ0) is 14.7. The van der Waals surface area contributed by atoms with E-state index in [1.807, 2.05) is 0 Å². The van der Waals surface area contributed by atoms with Gasteiger partial charge in [-0.2, -0.15) is 0 Å². The quantitative estimate of drug-likeness (QED) is 0.810. The Bertz CT molecular complexity index is 620. The summed E-state index contributed by atoms with van der Waals surface area (Å²) < 4.78 is 31.0. The van der Waals surface area contributed by atoms with Crippen molar-refractivity contribution in [2.24, 2.45) is 0 Å². The van der Waals surface area contributed by atoms with Crippen LogP contribution in [0.5, 0.6) is 5.75 Å². The van der Waals surface area contributed by atoms with Crippen LogP contribution in [0.2, 0.25) is 5.02 Å². The molecule has 0 amide bonds. The maximum Gasteiger partial charge on any atom is 0.265 e. The fourth-order valence-corrected chi connectivity index (χ4v) is 1.96. The number of halogens is 3. The Labute approximate surface area is 120 Å². The Morgan fingerprint density at radius 3 is 2.60 bits per heavy atom. The zero-order valence-electron chi connectivity index (χ0n) is 10.7. The molecule has 0 fully saturated rings. The summed E-state index contributed by atoms with van der Waals surface area (Å²) in [5.74, 6) is 0.464. The molecule has 0 saturated heterocycles. The maximum absolute atomic E-state index is 13.0. The predicted molar refractivity (Wildman–Crippen MR) is 77.1 cm³/mol. The molecule has 0 aliphatic rings. The third-order valence-corrected chi connectivity index (χ3v) is 3.05. The van der Waals surface area contributed by atoms with Gasteiger partial charge >= 0.3 is 0 Å². The lowest BCUT2D eigenvalue weighted by molar-refractivity contribution is 0.152. The second-order valence-corrected chi connectivity index (χ2v) is 4.53. The average molecular weight is 299 g/mol. The number of alkyl halides is 2. The van der Waals surface area contributed by atoms with Gasteiger partial charge in [0.05, 0.1) is 12.1 Å². The highest BCUT2D eigenvalue weighted by molar-refractivity contribution is 6.32. The predicted octanol–water partition coefficient (Wildman–Crippen LogP) is 4.61. The largest absolute Gasteiger partial charge is 0.495 e. The number of hydrogen-bond donors (Lipinski definition) is 2. The van der Waals surface area contributed by atoms with E-state index >= 15 is 0 Å². The summed E-state index contributed by atoms with van der Waals surface area (Å²) in [7, 11) is 1.48. The number of methoxy groups -OCH3 is 1. The lowest BCUT2D eigenvalue weighted by Crippen LogP contribution is -1.99. The van der Waals surface area contributed by atoms with Crippen molar-refractivity contribution in [1.29, 1.82) is 0 Å². The summed E-state index contributed by atoms with van der Waals surface area (Å²) >= 11 is 5.91. The molecule has 0 heterocycles. The third-order valence-electron chi connectivity index (χ3n) is 2.74. The van der Waals surface area contributed by atoms with E-state index in [1.165, 1.54) is 19.2 Å². The van der Waals surface area contributed by atoms with Crippen molar-refractivity contribution in [2.45, 2.75) is 6.43 Å². The topological polar surface area (TPSA) is 47.3 Å². The summed E-state index contributed by atoms with van der Waals surface area (Å²) in [6.07, 6.45) is -2.62. The molecule has 0 bridgehead atoms. The molecule has 106 valence electrons. The van der Waals surface area contributed by atoms with Gasteiger partial charge in [0.2, 0.25) is 0 Å². The normalized spacial score (nSPS) is 10.7. The SMILES string of the molecule is COc1cc(Nc2ccc(N)cc2C(F)F)ccc1Cl. The van der Waals surface area contributed by atoms with Crippen LogP contribution in [-0.2, 0) is 0 Å². The van der Waals surface area contributed by atoms with Gasteiger partial charge in [0, 0.05) is 28.7 Å². The Morgan fingerprint density at radius 2 is 1.95 bits per heavy atom. The van der Waals surface area contributed by atoms with Crippen LogP contribution < -0.4 is 15.8 Å². The van der Waals surface area contributed by atoms with E-state index in [9.17, 15) is 8.78 Å². The number of nitrogen functional groups attached to an aromatic ring is 1. The van der Waals surface area contributed by atoms with Crippen LogP contribution in [0.3, 0.4) is 0 Å². The lowest BCUT2D eigenvalue weighted by Gasteiger charge is -2.13. The van der Waals surface area contributed by atoms with E-state index in [4.69, 9.17) is 22.1 Å². The number of ether oxygens (including phenoxy) is 1. The molecule has 6 heteroatoms. The van der Waals surface area contributed by atoms with Crippen LogP contribution in [0.15, 0.2) is 36.4 Å². The highest BCUT2D eigenvalue weighted by Crippen LogP contribution is 2.33. The number of nitrogens with one attached hydrogen (secondary N) is 1. The third kappa shape index (κ3) is 3.11. The molecule has 0 atom stereocenters. The van der Waals surface area contributed by atoms with Crippen LogP contribution in [0.25, 0.3) is 0 Å². The Hall–Kier alpha value is -2.01. The van der Waals surface area contributed by atoms with E-state index in [2.05, 4.69) is 5.32 Å². The molecule has 0 aliphatic carbocycles. The first-order valence-electron chi connectivity index (χ1n) is 5.79. The second-order valence-electron chi connectivity index (χ2n) is 4.12. The molecule has 2 aromatic carbocycles. The highest BCUT2D eigenvalue weighted by Gasteiger charge is 2.14. The van der Waals surface area contributed by atoms with E-state index < -0.39 is 6.43 Å². The van der Waals surface area contributed by atoms with Crippen LogP contribution in [0, 0.1) is 0 Å². The molecule has 0 aliphatic heterocycles. The smallest absolute Gasteiger partial charge is 0.265 e. The van der Waals surface area contributed by atoms with Crippen molar-refractivity contribution in [3.05, 3.63) is 47.0 Å². The van der Waals surface area contributed by atoms with Gasteiger partial charge in [0.1, 0.15) is 5.75 Å². The van der Waals surface area contributed by atoms with Gasteiger partial charge in [-0.15, -0.1) is 0 Å². The molecule has 0 unspecified atom stereocenters. The summed E-state index contributed by atoms with van der Waals surface area (Å²) in [5.41, 5.74) is 6.55. The van der Waals surface area contributed by atoms with Gasteiger partial charge in [-0.05, 0) is 30.3 Å². The summed E-state index contributed by atoms with van der Waals surface area (Å²) in [4.78, 5) is 0. The van der Waals surface area contributed by atoms with Crippen LogP contribution >= 0.6 is 11.6 Å². The van der Waals surface area contributed by atoms with Crippen molar-refractivity contribution in [2.75, 3.05) is 18.2 Å². The number of nitrogens with two attached hydrogens (primary N) is 1. The van der Waals surface area contributed by atoms with Gasteiger partial charge in [-0.25, -0.2) is 8.78 Å². The molecule has 0 saturated carbocycles. The van der Waals surface area contributed by atoms with Crippen molar-refractivity contribution in [3.63, 3.8) is 0 Å². The van der Waals surface area contributed by atoms with Crippen molar-refractivity contribution < 1.29 is 13.5 Å². The number of anilines is 3. The summed E-state index contributed by atoms with van der Waals surface area (Å²) in [5, 5.41) is 3.36. The van der Waals surface area contributed by atoms with Crippen LogP contribution in [0.1, 0.15) is 12.0 Å². The molecule has 0 spiro atoms. The van der Waals surface area contributed by atoms with Gasteiger partial charge in [-0.1, -0.05) is 11.6 Å². The molecule has 0 radical (unpaired) electrons. The Balaban J connectivity index is 2.34. The van der Waals surface area contributed by atoms with E-state index in [1.54, 1.807) is 24.3 Å². The van der Waals surface area contributed by atoms with Gasteiger partial charge in [0.25, 0.3) is 6.43 Å².